The molecule has 0 radical (unpaired) electrons. The van der Waals surface area contributed by atoms with E-state index in [1.165, 1.54) is 12.1 Å². The molecule has 3 aromatic rings. The van der Waals surface area contributed by atoms with Gasteiger partial charge in [0.25, 0.3) is 0 Å². The van der Waals surface area contributed by atoms with Gasteiger partial charge in [0, 0.05) is 35.6 Å². The number of halogens is 1. The molecule has 2 heterocycles. The average Bonchev–Trinajstić information content (AvgIpc) is 2.91. The lowest BCUT2D eigenvalue weighted by atomic mass is 9.82. The molecule has 1 atom stereocenters. The summed E-state index contributed by atoms with van der Waals surface area (Å²) in [6.45, 7) is 18.5. The molecule has 42 heavy (non-hydrogen) atoms. The lowest BCUT2D eigenvalue weighted by molar-refractivity contribution is -0.166. The Morgan fingerprint density at radius 2 is 1.71 bits per heavy atom. The first-order chi connectivity index (χ1) is 19.8. The molecule has 4 rings (SSSR count). The van der Waals surface area contributed by atoms with E-state index < -0.39 is 17.7 Å². The van der Waals surface area contributed by atoms with Crippen molar-refractivity contribution >= 4 is 11.7 Å². The number of carbonyl (C=O) groups is 1. The van der Waals surface area contributed by atoms with Crippen LogP contribution in [0.25, 0.3) is 11.1 Å². The Kier molecular flexibility index (Phi) is 9.61. The Morgan fingerprint density at radius 3 is 2.31 bits per heavy atom. The van der Waals surface area contributed by atoms with E-state index in [2.05, 4.69) is 18.7 Å². The monoisotopic (exact) mass is 576 g/mol. The van der Waals surface area contributed by atoms with Crippen LogP contribution in [0.2, 0.25) is 0 Å². The minimum atomic E-state index is -0.921. The summed E-state index contributed by atoms with van der Waals surface area (Å²) in [6.07, 6.45) is 1.14. The Bertz CT molecular complexity index is 1390. The van der Waals surface area contributed by atoms with Gasteiger partial charge in [-0.1, -0.05) is 38.1 Å². The molecular formula is C35H45FN2O4. The van der Waals surface area contributed by atoms with Crippen LogP contribution in [0, 0.1) is 25.1 Å². The minimum absolute atomic E-state index is 0.247. The molecule has 7 heteroatoms. The number of benzene rings is 2. The number of nitrogens with zero attached hydrogens (tertiary/aromatic N) is 2. The predicted molar refractivity (Wildman–Crippen MR) is 165 cm³/mol. The van der Waals surface area contributed by atoms with E-state index in [0.29, 0.717) is 5.75 Å². The lowest BCUT2D eigenvalue weighted by Crippen LogP contribution is -2.39. The number of hydrogen-bond donors (Lipinski definition) is 0. The van der Waals surface area contributed by atoms with E-state index in [9.17, 15) is 9.18 Å². The maximum Gasteiger partial charge on any atom is 0.340 e. The molecule has 0 aliphatic carbocycles. The summed E-state index contributed by atoms with van der Waals surface area (Å²) < 4.78 is 31.5. The number of esters is 1. The second-order valence-corrected chi connectivity index (χ2v) is 12.9. The number of carbonyl (C=O) groups excluding carboxylic acids is 1. The van der Waals surface area contributed by atoms with Gasteiger partial charge in [-0.3, -0.25) is 4.98 Å². The van der Waals surface area contributed by atoms with Gasteiger partial charge in [-0.2, -0.15) is 0 Å². The van der Waals surface area contributed by atoms with E-state index in [0.717, 1.165) is 65.3 Å². The molecule has 0 saturated carbocycles. The third-order valence-corrected chi connectivity index (χ3v) is 7.68. The minimum Gasteiger partial charge on any atom is -0.489 e. The second-order valence-electron chi connectivity index (χ2n) is 12.9. The van der Waals surface area contributed by atoms with Crippen molar-refractivity contribution in [1.82, 2.24) is 4.98 Å². The van der Waals surface area contributed by atoms with Crippen LogP contribution in [0.15, 0.2) is 48.5 Å². The number of ether oxygens (including phenoxy) is 3. The van der Waals surface area contributed by atoms with Crippen molar-refractivity contribution < 1.29 is 23.4 Å². The summed E-state index contributed by atoms with van der Waals surface area (Å²) >= 11 is 0. The van der Waals surface area contributed by atoms with Crippen molar-refractivity contribution in [3.05, 3.63) is 76.9 Å². The maximum atomic E-state index is 13.6. The molecule has 1 aliphatic heterocycles. The van der Waals surface area contributed by atoms with E-state index in [4.69, 9.17) is 19.2 Å². The average molecular weight is 577 g/mol. The van der Waals surface area contributed by atoms with Crippen molar-refractivity contribution in [3.63, 3.8) is 0 Å². The highest BCUT2D eigenvalue weighted by molar-refractivity contribution is 5.88. The summed E-state index contributed by atoms with van der Waals surface area (Å²) in [6, 6.07) is 14.3. The van der Waals surface area contributed by atoms with Gasteiger partial charge in [0.15, 0.2) is 6.10 Å². The zero-order chi connectivity index (χ0) is 30.7. The predicted octanol–water partition coefficient (Wildman–Crippen LogP) is 8.13. The van der Waals surface area contributed by atoms with E-state index >= 15 is 0 Å². The molecule has 0 N–H and O–H groups in total. The standard InChI is InChI=1S/C35H45FN2O4/c1-9-40-33(39)32(42-34(4,5)6)30-24(3)37-23(2)29(31(30)38-19-17-35(7,8)18-20-38)26-13-15-28(16-14-26)41-22-25-11-10-12-27(36)21-25/h10-16,21,32H,9,17-20,22H2,1-8H3/t32-/m0/s1. The maximum absolute atomic E-state index is 13.6. The Morgan fingerprint density at radius 1 is 1.05 bits per heavy atom. The number of hydrogen-bond acceptors (Lipinski definition) is 6. The Labute approximate surface area is 250 Å². The van der Waals surface area contributed by atoms with Crippen LogP contribution in [-0.4, -0.2) is 36.3 Å². The van der Waals surface area contributed by atoms with Gasteiger partial charge in [0.2, 0.25) is 0 Å². The Balaban J connectivity index is 1.80. The molecule has 1 fully saturated rings. The topological polar surface area (TPSA) is 60.9 Å². The molecule has 2 aromatic carbocycles. The highest BCUT2D eigenvalue weighted by Crippen LogP contribution is 2.45. The van der Waals surface area contributed by atoms with Crippen molar-refractivity contribution in [2.45, 2.75) is 86.5 Å². The van der Waals surface area contributed by atoms with Gasteiger partial charge in [-0.25, -0.2) is 9.18 Å². The highest BCUT2D eigenvalue weighted by atomic mass is 19.1. The van der Waals surface area contributed by atoms with Crippen molar-refractivity contribution in [1.29, 1.82) is 0 Å². The first-order valence-corrected chi connectivity index (χ1v) is 14.9. The fourth-order valence-electron chi connectivity index (χ4n) is 5.48. The molecule has 0 unspecified atom stereocenters. The van der Waals surface area contributed by atoms with Crippen molar-refractivity contribution in [2.24, 2.45) is 5.41 Å². The number of piperidine rings is 1. The van der Waals surface area contributed by atoms with E-state index in [-0.39, 0.29) is 24.4 Å². The lowest BCUT2D eigenvalue weighted by Gasteiger charge is -2.41. The fraction of sp³-hybridized carbons (Fsp3) is 0.486. The molecule has 0 spiro atoms. The highest BCUT2D eigenvalue weighted by Gasteiger charge is 2.37. The van der Waals surface area contributed by atoms with E-state index in [1.54, 1.807) is 6.07 Å². The SMILES string of the molecule is CCOC(=O)[C@@H](OC(C)(C)C)c1c(C)nc(C)c(-c2ccc(OCc3cccc(F)c3)cc2)c1N1CCC(C)(C)CC1. The number of aryl methyl sites for hydroxylation is 2. The molecule has 1 aromatic heterocycles. The first-order valence-electron chi connectivity index (χ1n) is 14.9. The molecule has 226 valence electrons. The fourth-order valence-corrected chi connectivity index (χ4v) is 5.48. The van der Waals surface area contributed by atoms with Gasteiger partial charge in [-0.05, 0) is 95.2 Å². The molecule has 6 nitrogen and oxygen atoms in total. The molecule has 1 saturated heterocycles. The molecule has 0 bridgehead atoms. The van der Waals surface area contributed by atoms with Crippen LogP contribution in [-0.2, 0) is 20.9 Å². The van der Waals surface area contributed by atoms with Gasteiger partial charge in [0.1, 0.15) is 18.2 Å². The largest absolute Gasteiger partial charge is 0.489 e. The number of pyridine rings is 1. The summed E-state index contributed by atoms with van der Waals surface area (Å²) in [5.74, 6) is -0.00991. The third kappa shape index (κ3) is 7.68. The normalized spacial score (nSPS) is 15.8. The first kappa shape index (κ1) is 31.5. The molecular weight excluding hydrogens is 531 g/mol. The van der Waals surface area contributed by atoms with Crippen LogP contribution in [0.1, 0.15) is 83.0 Å². The molecule has 0 amide bonds. The summed E-state index contributed by atoms with van der Waals surface area (Å²) in [7, 11) is 0. The third-order valence-electron chi connectivity index (χ3n) is 7.68. The number of anilines is 1. The van der Waals surface area contributed by atoms with Crippen LogP contribution < -0.4 is 9.64 Å². The summed E-state index contributed by atoms with van der Waals surface area (Å²) in [4.78, 5) is 20.8. The summed E-state index contributed by atoms with van der Waals surface area (Å²) in [5.41, 5.74) is 5.74. The van der Waals surface area contributed by atoms with Gasteiger partial charge >= 0.3 is 5.97 Å². The Hall–Kier alpha value is -3.45. The van der Waals surface area contributed by atoms with Crippen LogP contribution >= 0.6 is 0 Å². The second kappa shape index (κ2) is 12.8. The van der Waals surface area contributed by atoms with Crippen LogP contribution in [0.3, 0.4) is 0 Å². The number of rotatable bonds is 9. The quantitative estimate of drug-likeness (QED) is 0.240. The zero-order valence-corrected chi connectivity index (χ0v) is 26.3. The smallest absolute Gasteiger partial charge is 0.340 e. The van der Waals surface area contributed by atoms with E-state index in [1.807, 2.05) is 71.9 Å². The zero-order valence-electron chi connectivity index (χ0n) is 26.3. The van der Waals surface area contributed by atoms with Crippen molar-refractivity contribution in [3.8, 4) is 16.9 Å². The summed E-state index contributed by atoms with van der Waals surface area (Å²) in [5, 5.41) is 0. The molecule has 1 aliphatic rings. The van der Waals surface area contributed by atoms with Crippen LogP contribution in [0.5, 0.6) is 5.75 Å². The van der Waals surface area contributed by atoms with Gasteiger partial charge in [-0.15, -0.1) is 0 Å². The van der Waals surface area contributed by atoms with Crippen molar-refractivity contribution in [2.75, 3.05) is 24.6 Å². The van der Waals surface area contributed by atoms with Gasteiger partial charge < -0.3 is 19.1 Å². The van der Waals surface area contributed by atoms with Gasteiger partial charge in [0.05, 0.1) is 17.9 Å². The number of aromatic nitrogens is 1. The van der Waals surface area contributed by atoms with Crippen LogP contribution in [0.4, 0.5) is 10.1 Å².